The highest BCUT2D eigenvalue weighted by molar-refractivity contribution is 7.99. The number of rotatable bonds is 5. The zero-order chi connectivity index (χ0) is 19.9. The number of pyridine rings is 1. The average molecular weight is 405 g/mol. The van der Waals surface area contributed by atoms with Crippen LogP contribution in [0.5, 0.6) is 0 Å². The van der Waals surface area contributed by atoms with E-state index >= 15 is 0 Å². The number of carbonyl (C=O) groups is 1. The molecule has 2 heterocycles. The minimum Gasteiger partial charge on any atom is -0.445 e. The fraction of sp³-hybridized carbons (Fsp3) is 0.250. The first-order valence-corrected chi connectivity index (χ1v) is 10.8. The van der Waals surface area contributed by atoms with Crippen molar-refractivity contribution < 1.29 is 9.53 Å². The molecular formula is C24H24N2O2S. The average Bonchev–Trinajstić information content (AvgIpc) is 2.79. The number of benzene rings is 2. The number of likely N-dealkylation sites (tertiary alicyclic amines) is 1. The van der Waals surface area contributed by atoms with Crippen molar-refractivity contribution in [3.63, 3.8) is 0 Å². The van der Waals surface area contributed by atoms with Crippen LogP contribution in [0, 0.1) is 0 Å². The zero-order valence-corrected chi connectivity index (χ0v) is 17.1. The Morgan fingerprint density at radius 3 is 2.55 bits per heavy atom. The summed E-state index contributed by atoms with van der Waals surface area (Å²) in [6, 6.07) is 24.1. The van der Waals surface area contributed by atoms with Crippen LogP contribution in [-0.4, -0.2) is 22.5 Å². The van der Waals surface area contributed by atoms with Gasteiger partial charge in [-0.15, -0.1) is 0 Å². The van der Waals surface area contributed by atoms with E-state index in [0.29, 0.717) is 13.2 Å². The molecule has 148 valence electrons. The molecule has 1 saturated heterocycles. The minimum absolute atomic E-state index is 0.00747. The van der Waals surface area contributed by atoms with Gasteiger partial charge in [0.15, 0.2) is 0 Å². The number of carbonyl (C=O) groups excluding carboxylic acids is 1. The second kappa shape index (κ2) is 9.61. The van der Waals surface area contributed by atoms with Gasteiger partial charge in [0.2, 0.25) is 0 Å². The molecule has 0 bridgehead atoms. The number of piperidine rings is 1. The van der Waals surface area contributed by atoms with Gasteiger partial charge in [-0.25, -0.2) is 9.78 Å². The highest BCUT2D eigenvalue weighted by atomic mass is 32.2. The molecule has 0 spiro atoms. The lowest BCUT2D eigenvalue weighted by Crippen LogP contribution is -2.39. The molecule has 4 rings (SSSR count). The SMILES string of the molecule is O=C(OCc1ccccc1)N1CCCC[C@@H]1c1cccnc1Sc1ccccc1. The molecule has 2 aromatic carbocycles. The van der Waals surface area contributed by atoms with Crippen molar-refractivity contribution in [2.75, 3.05) is 6.54 Å². The maximum absolute atomic E-state index is 12.9. The molecular weight excluding hydrogens is 380 g/mol. The summed E-state index contributed by atoms with van der Waals surface area (Å²) in [6.45, 7) is 1.00. The summed E-state index contributed by atoms with van der Waals surface area (Å²) in [7, 11) is 0. The molecule has 1 atom stereocenters. The number of amides is 1. The highest BCUT2D eigenvalue weighted by Crippen LogP contribution is 2.38. The molecule has 1 fully saturated rings. The van der Waals surface area contributed by atoms with E-state index in [1.54, 1.807) is 11.8 Å². The lowest BCUT2D eigenvalue weighted by atomic mass is 9.97. The fourth-order valence-corrected chi connectivity index (χ4v) is 4.57. The van der Waals surface area contributed by atoms with Gasteiger partial charge in [0.1, 0.15) is 11.6 Å². The Labute approximate surface area is 175 Å². The number of ether oxygens (including phenoxy) is 1. The van der Waals surface area contributed by atoms with E-state index < -0.39 is 0 Å². The van der Waals surface area contributed by atoms with Gasteiger partial charge in [0, 0.05) is 23.2 Å². The van der Waals surface area contributed by atoms with Crippen LogP contribution in [0.1, 0.15) is 36.4 Å². The number of aromatic nitrogens is 1. The molecule has 1 aliphatic rings. The van der Waals surface area contributed by atoms with Gasteiger partial charge in [-0.3, -0.25) is 0 Å². The first-order valence-electron chi connectivity index (χ1n) is 9.96. The van der Waals surface area contributed by atoms with Crippen molar-refractivity contribution in [1.82, 2.24) is 9.88 Å². The van der Waals surface area contributed by atoms with Crippen molar-refractivity contribution in [2.45, 2.75) is 41.8 Å². The molecule has 0 saturated carbocycles. The van der Waals surface area contributed by atoms with Crippen molar-refractivity contribution >= 4 is 17.9 Å². The zero-order valence-electron chi connectivity index (χ0n) is 16.2. The molecule has 0 aliphatic carbocycles. The normalized spacial score (nSPS) is 16.4. The van der Waals surface area contributed by atoms with E-state index in [1.165, 1.54) is 0 Å². The van der Waals surface area contributed by atoms with Crippen LogP contribution in [0.15, 0.2) is 88.9 Å². The Balaban J connectivity index is 1.52. The summed E-state index contributed by atoms with van der Waals surface area (Å²) in [4.78, 5) is 20.5. The van der Waals surface area contributed by atoms with Crippen molar-refractivity contribution in [3.05, 3.63) is 90.1 Å². The van der Waals surface area contributed by atoms with E-state index in [-0.39, 0.29) is 12.1 Å². The first-order chi connectivity index (χ1) is 14.3. The van der Waals surface area contributed by atoms with Crippen LogP contribution in [-0.2, 0) is 11.3 Å². The molecule has 0 radical (unpaired) electrons. The van der Waals surface area contributed by atoms with Gasteiger partial charge >= 0.3 is 6.09 Å². The van der Waals surface area contributed by atoms with Crippen LogP contribution in [0.25, 0.3) is 0 Å². The third-order valence-electron chi connectivity index (χ3n) is 5.06. The Kier molecular flexibility index (Phi) is 6.47. The van der Waals surface area contributed by atoms with E-state index in [1.807, 2.05) is 65.7 Å². The maximum Gasteiger partial charge on any atom is 0.410 e. The lowest BCUT2D eigenvalue weighted by Gasteiger charge is -2.35. The molecule has 0 unspecified atom stereocenters. The van der Waals surface area contributed by atoms with Crippen LogP contribution in [0.2, 0.25) is 0 Å². The molecule has 29 heavy (non-hydrogen) atoms. The van der Waals surface area contributed by atoms with Gasteiger partial charge in [0.05, 0.1) is 6.04 Å². The number of hydrogen-bond donors (Lipinski definition) is 0. The van der Waals surface area contributed by atoms with Gasteiger partial charge in [-0.2, -0.15) is 0 Å². The standard InChI is InChI=1S/C24H24N2O2S/c27-24(28-18-19-10-3-1-4-11-19)26-17-8-7-15-22(26)21-14-9-16-25-23(21)29-20-12-5-2-6-13-20/h1-6,9-14,16,22H,7-8,15,17-18H2/t22-/m1/s1. The van der Waals surface area contributed by atoms with Gasteiger partial charge in [0.25, 0.3) is 0 Å². The van der Waals surface area contributed by atoms with Crippen LogP contribution < -0.4 is 0 Å². The lowest BCUT2D eigenvalue weighted by molar-refractivity contribution is 0.0672. The molecule has 1 amide bonds. The van der Waals surface area contributed by atoms with E-state index in [2.05, 4.69) is 23.2 Å². The number of hydrogen-bond acceptors (Lipinski definition) is 4. The van der Waals surface area contributed by atoms with Crippen molar-refractivity contribution in [2.24, 2.45) is 0 Å². The Morgan fingerprint density at radius 2 is 1.76 bits per heavy atom. The summed E-state index contributed by atoms with van der Waals surface area (Å²) in [5, 5.41) is 0.950. The minimum atomic E-state index is -0.252. The Morgan fingerprint density at radius 1 is 1.00 bits per heavy atom. The van der Waals surface area contributed by atoms with Crippen LogP contribution >= 0.6 is 11.8 Å². The maximum atomic E-state index is 12.9. The molecule has 1 aliphatic heterocycles. The third kappa shape index (κ3) is 4.98. The topological polar surface area (TPSA) is 42.4 Å². The van der Waals surface area contributed by atoms with Crippen LogP contribution in [0.4, 0.5) is 4.79 Å². The smallest absolute Gasteiger partial charge is 0.410 e. The van der Waals surface area contributed by atoms with Crippen molar-refractivity contribution in [1.29, 1.82) is 0 Å². The predicted octanol–water partition coefficient (Wildman–Crippen LogP) is 6.10. The van der Waals surface area contributed by atoms with Crippen LogP contribution in [0.3, 0.4) is 0 Å². The molecule has 3 aromatic rings. The third-order valence-corrected chi connectivity index (χ3v) is 6.10. The molecule has 1 aromatic heterocycles. The molecule has 0 N–H and O–H groups in total. The fourth-order valence-electron chi connectivity index (χ4n) is 3.62. The summed E-state index contributed by atoms with van der Waals surface area (Å²) in [5.41, 5.74) is 2.09. The van der Waals surface area contributed by atoms with Gasteiger partial charge in [-0.05, 0) is 43.0 Å². The first kappa shape index (κ1) is 19.5. The van der Waals surface area contributed by atoms with Crippen molar-refractivity contribution in [3.8, 4) is 0 Å². The second-order valence-electron chi connectivity index (χ2n) is 7.06. The number of nitrogens with zero attached hydrogens (tertiary/aromatic N) is 2. The largest absolute Gasteiger partial charge is 0.445 e. The quantitative estimate of drug-likeness (QED) is 0.515. The summed E-state index contributed by atoms with van der Waals surface area (Å²) < 4.78 is 5.64. The molecule has 5 heteroatoms. The van der Waals surface area contributed by atoms with E-state index in [0.717, 1.165) is 40.3 Å². The molecule has 4 nitrogen and oxygen atoms in total. The van der Waals surface area contributed by atoms with E-state index in [4.69, 9.17) is 4.74 Å². The highest BCUT2D eigenvalue weighted by Gasteiger charge is 2.31. The van der Waals surface area contributed by atoms with E-state index in [9.17, 15) is 4.79 Å². The monoisotopic (exact) mass is 404 g/mol. The van der Waals surface area contributed by atoms with Gasteiger partial charge in [-0.1, -0.05) is 66.4 Å². The predicted molar refractivity (Wildman–Crippen MR) is 115 cm³/mol. The summed E-state index contributed by atoms with van der Waals surface area (Å²) in [5.74, 6) is 0. The summed E-state index contributed by atoms with van der Waals surface area (Å²) >= 11 is 1.64. The second-order valence-corrected chi connectivity index (χ2v) is 8.12. The Bertz CT molecular complexity index is 934. The summed E-state index contributed by atoms with van der Waals surface area (Å²) in [6.07, 6.45) is 4.58. The van der Waals surface area contributed by atoms with Gasteiger partial charge < -0.3 is 9.64 Å². The Hall–Kier alpha value is -2.79.